The van der Waals surface area contributed by atoms with Crippen LogP contribution in [-0.2, 0) is 0 Å². The molecule has 1 aromatic carbocycles. The number of nitrogens with two attached hydrogens (primary N) is 1. The maximum Gasteiger partial charge on any atom is 0.0500 e. The summed E-state index contributed by atoms with van der Waals surface area (Å²) in [6, 6.07) is 5.74. The molecule has 106 valence electrons. The van der Waals surface area contributed by atoms with Crippen molar-refractivity contribution in [3.05, 3.63) is 33.8 Å². The third-order valence-electron chi connectivity index (χ3n) is 3.45. The van der Waals surface area contributed by atoms with Crippen LogP contribution in [0.2, 0.25) is 10.0 Å². The Morgan fingerprint density at radius 3 is 2.53 bits per heavy atom. The molecule has 1 fully saturated rings. The standard InChI is InChI=1S/C14H20Cl2N2S/c1-14(2)9-18(6-7-19-14)12(8-17)13-10(15)4-3-5-11(13)16/h3-5,12H,6-9,17H2,1-2H3. The number of benzene rings is 1. The Labute approximate surface area is 129 Å². The lowest BCUT2D eigenvalue weighted by molar-refractivity contribution is 0.192. The first kappa shape index (κ1) is 15.5. The molecule has 0 bridgehead atoms. The number of rotatable bonds is 3. The van der Waals surface area contributed by atoms with Gasteiger partial charge in [-0.15, -0.1) is 0 Å². The molecule has 1 heterocycles. The van der Waals surface area contributed by atoms with Crippen LogP contribution in [0.1, 0.15) is 25.5 Å². The van der Waals surface area contributed by atoms with E-state index in [0.717, 1.165) is 24.4 Å². The van der Waals surface area contributed by atoms with Gasteiger partial charge in [0, 0.05) is 45.7 Å². The van der Waals surface area contributed by atoms with Crippen molar-refractivity contribution in [2.45, 2.75) is 24.6 Å². The highest BCUT2D eigenvalue weighted by Crippen LogP contribution is 2.38. The van der Waals surface area contributed by atoms with Gasteiger partial charge in [-0.05, 0) is 26.0 Å². The molecule has 0 aromatic heterocycles. The van der Waals surface area contributed by atoms with E-state index in [9.17, 15) is 0 Å². The minimum Gasteiger partial charge on any atom is -0.329 e. The first-order chi connectivity index (χ1) is 8.94. The van der Waals surface area contributed by atoms with Crippen LogP contribution in [0, 0.1) is 0 Å². The Hall–Kier alpha value is 0.0700. The molecule has 0 amide bonds. The summed E-state index contributed by atoms with van der Waals surface area (Å²) in [5.74, 6) is 1.12. The van der Waals surface area contributed by atoms with Gasteiger partial charge in [0.05, 0.1) is 6.04 Å². The van der Waals surface area contributed by atoms with Crippen LogP contribution in [0.25, 0.3) is 0 Å². The summed E-state index contributed by atoms with van der Waals surface area (Å²) in [4.78, 5) is 2.41. The van der Waals surface area contributed by atoms with E-state index in [1.165, 1.54) is 0 Å². The maximum atomic E-state index is 6.32. The molecule has 2 N–H and O–H groups in total. The molecule has 1 aliphatic rings. The van der Waals surface area contributed by atoms with E-state index < -0.39 is 0 Å². The highest BCUT2D eigenvalue weighted by atomic mass is 35.5. The zero-order valence-electron chi connectivity index (χ0n) is 11.3. The Morgan fingerprint density at radius 1 is 1.37 bits per heavy atom. The molecular formula is C14H20Cl2N2S. The predicted octanol–water partition coefficient (Wildman–Crippen LogP) is 3.82. The van der Waals surface area contributed by atoms with Crippen molar-refractivity contribution in [2.75, 3.05) is 25.4 Å². The first-order valence-corrected chi connectivity index (χ1v) is 8.21. The van der Waals surface area contributed by atoms with Gasteiger partial charge in [-0.1, -0.05) is 29.3 Å². The van der Waals surface area contributed by atoms with E-state index >= 15 is 0 Å². The molecular weight excluding hydrogens is 299 g/mol. The molecule has 2 rings (SSSR count). The van der Waals surface area contributed by atoms with E-state index in [0.29, 0.717) is 16.6 Å². The molecule has 19 heavy (non-hydrogen) atoms. The van der Waals surface area contributed by atoms with Crippen molar-refractivity contribution in [3.8, 4) is 0 Å². The predicted molar refractivity (Wildman–Crippen MR) is 86.4 cm³/mol. The smallest absolute Gasteiger partial charge is 0.0500 e. The highest BCUT2D eigenvalue weighted by Gasteiger charge is 2.32. The summed E-state index contributed by atoms with van der Waals surface area (Å²) < 4.78 is 0.249. The van der Waals surface area contributed by atoms with Gasteiger partial charge >= 0.3 is 0 Å². The second kappa shape index (κ2) is 6.23. The van der Waals surface area contributed by atoms with Gasteiger partial charge in [-0.2, -0.15) is 11.8 Å². The third kappa shape index (κ3) is 3.59. The fourth-order valence-electron chi connectivity index (χ4n) is 2.60. The van der Waals surface area contributed by atoms with Gasteiger partial charge in [0.25, 0.3) is 0 Å². The number of hydrogen-bond donors (Lipinski definition) is 1. The quantitative estimate of drug-likeness (QED) is 0.918. The minimum absolute atomic E-state index is 0.0985. The van der Waals surface area contributed by atoms with Crippen LogP contribution in [0.15, 0.2) is 18.2 Å². The number of halogens is 2. The molecule has 0 radical (unpaired) electrons. The van der Waals surface area contributed by atoms with Crippen LogP contribution in [0.5, 0.6) is 0 Å². The highest BCUT2D eigenvalue weighted by molar-refractivity contribution is 8.00. The van der Waals surface area contributed by atoms with Crippen molar-refractivity contribution in [2.24, 2.45) is 5.73 Å². The number of nitrogens with zero attached hydrogens (tertiary/aromatic N) is 1. The van der Waals surface area contributed by atoms with Crippen molar-refractivity contribution < 1.29 is 0 Å². The molecule has 0 aliphatic carbocycles. The van der Waals surface area contributed by atoms with Crippen LogP contribution >= 0.6 is 35.0 Å². The molecule has 2 nitrogen and oxygen atoms in total. The molecule has 0 spiro atoms. The van der Waals surface area contributed by atoms with E-state index in [4.69, 9.17) is 28.9 Å². The van der Waals surface area contributed by atoms with Gasteiger partial charge in [0.2, 0.25) is 0 Å². The SMILES string of the molecule is CC1(C)CN(C(CN)c2c(Cl)cccc2Cl)CCS1. The zero-order chi connectivity index (χ0) is 14.0. The summed E-state index contributed by atoms with van der Waals surface area (Å²) >= 11 is 14.7. The van der Waals surface area contributed by atoms with E-state index in [2.05, 4.69) is 18.7 Å². The van der Waals surface area contributed by atoms with Crippen molar-refractivity contribution in [3.63, 3.8) is 0 Å². The van der Waals surface area contributed by atoms with Gasteiger partial charge in [-0.25, -0.2) is 0 Å². The van der Waals surface area contributed by atoms with Crippen LogP contribution in [0.3, 0.4) is 0 Å². The van der Waals surface area contributed by atoms with E-state index in [-0.39, 0.29) is 10.8 Å². The van der Waals surface area contributed by atoms with Crippen LogP contribution in [-0.4, -0.2) is 35.0 Å². The lowest BCUT2D eigenvalue weighted by Gasteiger charge is -2.42. The van der Waals surface area contributed by atoms with Gasteiger partial charge in [0.15, 0.2) is 0 Å². The molecule has 5 heteroatoms. The molecule has 1 aliphatic heterocycles. The number of hydrogen-bond acceptors (Lipinski definition) is 3. The molecule has 1 saturated heterocycles. The fourth-order valence-corrected chi connectivity index (χ4v) is 4.38. The molecule has 1 unspecified atom stereocenters. The van der Waals surface area contributed by atoms with Crippen LogP contribution < -0.4 is 5.73 Å². The molecule has 0 saturated carbocycles. The Morgan fingerprint density at radius 2 is 2.00 bits per heavy atom. The summed E-state index contributed by atoms with van der Waals surface area (Å²) in [7, 11) is 0. The Bertz CT molecular complexity index is 431. The average molecular weight is 319 g/mol. The molecule has 1 atom stereocenters. The topological polar surface area (TPSA) is 29.3 Å². The lowest BCUT2D eigenvalue weighted by atomic mass is 10.0. The van der Waals surface area contributed by atoms with Gasteiger partial charge in [-0.3, -0.25) is 4.90 Å². The Balaban J connectivity index is 2.29. The summed E-state index contributed by atoms with van der Waals surface area (Å²) in [5, 5.41) is 1.41. The van der Waals surface area contributed by atoms with Gasteiger partial charge < -0.3 is 5.73 Å². The van der Waals surface area contributed by atoms with E-state index in [1.54, 1.807) is 0 Å². The normalized spacial score (nSPS) is 21.3. The van der Waals surface area contributed by atoms with Crippen molar-refractivity contribution in [1.29, 1.82) is 0 Å². The van der Waals surface area contributed by atoms with Crippen LogP contribution in [0.4, 0.5) is 0 Å². The summed E-state index contributed by atoms with van der Waals surface area (Å²) in [6.45, 7) is 7.10. The second-order valence-corrected chi connectivity index (χ2v) is 8.08. The maximum absolute atomic E-state index is 6.32. The summed E-state index contributed by atoms with van der Waals surface area (Å²) in [6.07, 6.45) is 0. The second-order valence-electron chi connectivity index (χ2n) is 5.47. The first-order valence-electron chi connectivity index (χ1n) is 6.46. The average Bonchev–Trinajstić information content (AvgIpc) is 2.32. The number of thioether (sulfide) groups is 1. The van der Waals surface area contributed by atoms with Crippen molar-refractivity contribution >= 4 is 35.0 Å². The molecule has 1 aromatic rings. The fraction of sp³-hybridized carbons (Fsp3) is 0.571. The monoisotopic (exact) mass is 318 g/mol. The zero-order valence-corrected chi connectivity index (χ0v) is 13.7. The summed E-state index contributed by atoms with van der Waals surface area (Å²) in [5.41, 5.74) is 6.96. The van der Waals surface area contributed by atoms with Crippen molar-refractivity contribution in [1.82, 2.24) is 4.90 Å². The minimum atomic E-state index is 0.0985. The van der Waals surface area contributed by atoms with Gasteiger partial charge in [0.1, 0.15) is 0 Å². The third-order valence-corrected chi connectivity index (χ3v) is 5.41. The lowest BCUT2D eigenvalue weighted by Crippen LogP contribution is -2.46. The Kier molecular flexibility index (Phi) is 5.07. The largest absolute Gasteiger partial charge is 0.329 e. The van der Waals surface area contributed by atoms with E-state index in [1.807, 2.05) is 30.0 Å².